The fourth-order valence-corrected chi connectivity index (χ4v) is 1.65. The molecule has 0 fully saturated rings. The zero-order valence-corrected chi connectivity index (χ0v) is 11.3. The van der Waals surface area contributed by atoms with Crippen LogP contribution in [0.15, 0.2) is 24.5 Å². The van der Waals surface area contributed by atoms with E-state index in [1.165, 1.54) is 6.20 Å². The quantitative estimate of drug-likeness (QED) is 0.890. The van der Waals surface area contributed by atoms with Gasteiger partial charge in [-0.3, -0.25) is 4.68 Å². The van der Waals surface area contributed by atoms with Gasteiger partial charge in [-0.15, -0.1) is 12.4 Å². The Labute approximate surface area is 116 Å². The maximum absolute atomic E-state index is 12.5. The van der Waals surface area contributed by atoms with Crippen LogP contribution in [0.4, 0.5) is 14.6 Å². The molecule has 1 N–H and O–H groups in total. The number of alkyl halides is 2. The van der Waals surface area contributed by atoms with Gasteiger partial charge in [0, 0.05) is 25.0 Å². The molecule has 5 nitrogen and oxygen atoms in total. The first-order chi connectivity index (χ1) is 8.70. The van der Waals surface area contributed by atoms with E-state index >= 15 is 0 Å². The van der Waals surface area contributed by atoms with Gasteiger partial charge in [0.2, 0.25) is 0 Å². The van der Waals surface area contributed by atoms with Crippen LogP contribution in [-0.4, -0.2) is 19.6 Å². The van der Waals surface area contributed by atoms with Crippen LogP contribution < -0.4 is 5.32 Å². The van der Waals surface area contributed by atoms with Gasteiger partial charge in [0.05, 0.1) is 12.2 Å². The van der Waals surface area contributed by atoms with Crippen LogP contribution in [0.1, 0.15) is 25.6 Å². The number of nitrogens with one attached hydrogen (secondary N) is 1. The summed E-state index contributed by atoms with van der Waals surface area (Å²) >= 11 is 0. The van der Waals surface area contributed by atoms with Crippen molar-refractivity contribution >= 4 is 18.2 Å². The van der Waals surface area contributed by atoms with E-state index in [1.807, 2.05) is 16.9 Å². The normalized spacial score (nSPS) is 10.5. The van der Waals surface area contributed by atoms with E-state index in [1.54, 1.807) is 6.07 Å². The van der Waals surface area contributed by atoms with Gasteiger partial charge in [0.1, 0.15) is 5.82 Å². The minimum atomic E-state index is -2.62. The maximum Gasteiger partial charge on any atom is 0.333 e. The first-order valence-corrected chi connectivity index (χ1v) is 5.78. The third kappa shape index (κ3) is 3.92. The van der Waals surface area contributed by atoms with Crippen molar-refractivity contribution in [2.45, 2.75) is 33.0 Å². The highest BCUT2D eigenvalue weighted by molar-refractivity contribution is 5.85. The van der Waals surface area contributed by atoms with Gasteiger partial charge in [-0.25, -0.2) is 4.68 Å². The number of aromatic nitrogens is 4. The molecule has 2 heterocycles. The number of halogens is 3. The second-order valence-corrected chi connectivity index (χ2v) is 3.86. The maximum atomic E-state index is 12.5. The standard InChI is InChI=1S/C11H15F2N5.ClH/c1-2-6-17-7-4-10(16-17)14-8-9-3-5-15-18(9)11(12)13;/h3-5,7,11H,2,6,8H2,1H3,(H,14,16);1H. The number of hydrogen-bond acceptors (Lipinski definition) is 3. The molecule has 0 amide bonds. The van der Waals surface area contributed by atoms with Gasteiger partial charge in [-0.05, 0) is 12.5 Å². The van der Waals surface area contributed by atoms with E-state index in [-0.39, 0.29) is 19.0 Å². The van der Waals surface area contributed by atoms with Crippen molar-refractivity contribution < 1.29 is 8.78 Å². The van der Waals surface area contributed by atoms with Crippen LogP contribution in [0.2, 0.25) is 0 Å². The van der Waals surface area contributed by atoms with Gasteiger partial charge in [0.25, 0.3) is 0 Å². The number of rotatable bonds is 6. The van der Waals surface area contributed by atoms with Gasteiger partial charge in [-0.2, -0.15) is 19.0 Å². The number of aryl methyl sites for hydroxylation is 1. The van der Waals surface area contributed by atoms with E-state index < -0.39 is 6.55 Å². The molecule has 19 heavy (non-hydrogen) atoms. The lowest BCUT2D eigenvalue weighted by Crippen LogP contribution is -2.10. The molecular formula is C11H16ClF2N5. The van der Waals surface area contributed by atoms with Gasteiger partial charge in [0.15, 0.2) is 0 Å². The lowest BCUT2D eigenvalue weighted by molar-refractivity contribution is 0.0537. The molecule has 0 bridgehead atoms. The van der Waals surface area contributed by atoms with Gasteiger partial charge >= 0.3 is 6.55 Å². The second kappa shape index (κ2) is 7.08. The Balaban J connectivity index is 0.00000180. The summed E-state index contributed by atoms with van der Waals surface area (Å²) < 4.78 is 27.6. The fourth-order valence-electron chi connectivity index (χ4n) is 1.65. The minimum Gasteiger partial charge on any atom is -0.363 e. The predicted octanol–water partition coefficient (Wildman–Crippen LogP) is 2.92. The highest BCUT2D eigenvalue weighted by Crippen LogP contribution is 2.13. The van der Waals surface area contributed by atoms with Crippen molar-refractivity contribution in [3.05, 3.63) is 30.2 Å². The van der Waals surface area contributed by atoms with Crippen molar-refractivity contribution in [3.63, 3.8) is 0 Å². The number of hydrogen-bond donors (Lipinski definition) is 1. The van der Waals surface area contributed by atoms with E-state index in [2.05, 4.69) is 22.4 Å². The van der Waals surface area contributed by atoms with Gasteiger partial charge < -0.3 is 5.32 Å². The Morgan fingerprint density at radius 1 is 1.37 bits per heavy atom. The van der Waals surface area contributed by atoms with Crippen LogP contribution >= 0.6 is 12.4 Å². The molecule has 0 aromatic carbocycles. The molecule has 0 spiro atoms. The third-order valence-corrected chi connectivity index (χ3v) is 2.48. The van der Waals surface area contributed by atoms with Crippen molar-refractivity contribution in [1.29, 1.82) is 0 Å². The monoisotopic (exact) mass is 291 g/mol. The van der Waals surface area contributed by atoms with Crippen LogP contribution in [-0.2, 0) is 13.1 Å². The molecule has 2 aromatic heterocycles. The molecule has 0 unspecified atom stereocenters. The van der Waals surface area contributed by atoms with Crippen molar-refractivity contribution in [2.75, 3.05) is 5.32 Å². The molecule has 0 radical (unpaired) electrons. The average Bonchev–Trinajstić information content (AvgIpc) is 2.95. The summed E-state index contributed by atoms with van der Waals surface area (Å²) in [6, 6.07) is 3.38. The molecular weight excluding hydrogens is 276 g/mol. The van der Waals surface area contributed by atoms with Crippen LogP contribution in [0.25, 0.3) is 0 Å². The summed E-state index contributed by atoms with van der Waals surface area (Å²) in [6.45, 7) is 0.564. The lowest BCUT2D eigenvalue weighted by Gasteiger charge is -2.06. The Morgan fingerprint density at radius 2 is 2.16 bits per heavy atom. The molecule has 2 rings (SSSR count). The fraction of sp³-hybridized carbons (Fsp3) is 0.455. The summed E-state index contributed by atoms with van der Waals surface area (Å²) in [5, 5.41) is 10.8. The Morgan fingerprint density at radius 3 is 2.84 bits per heavy atom. The van der Waals surface area contributed by atoms with Crippen molar-refractivity contribution in [2.24, 2.45) is 0 Å². The third-order valence-electron chi connectivity index (χ3n) is 2.48. The zero-order chi connectivity index (χ0) is 13.0. The van der Waals surface area contributed by atoms with E-state index in [0.717, 1.165) is 13.0 Å². The van der Waals surface area contributed by atoms with Crippen molar-refractivity contribution in [3.8, 4) is 0 Å². The predicted molar refractivity (Wildman–Crippen MR) is 70.6 cm³/mol. The van der Waals surface area contributed by atoms with Crippen LogP contribution in [0.5, 0.6) is 0 Å². The summed E-state index contributed by atoms with van der Waals surface area (Å²) in [6.07, 6.45) is 4.22. The first kappa shape index (κ1) is 15.4. The smallest absolute Gasteiger partial charge is 0.333 e. The number of anilines is 1. The highest BCUT2D eigenvalue weighted by atomic mass is 35.5. The SMILES string of the molecule is CCCn1ccc(NCc2ccnn2C(F)F)n1.Cl. The first-order valence-electron chi connectivity index (χ1n) is 5.78. The lowest BCUT2D eigenvalue weighted by atomic mass is 10.4. The van der Waals surface area contributed by atoms with Gasteiger partial charge in [-0.1, -0.05) is 6.92 Å². The molecule has 0 saturated heterocycles. The van der Waals surface area contributed by atoms with Crippen molar-refractivity contribution in [1.82, 2.24) is 19.6 Å². The Hall–Kier alpha value is -1.63. The molecule has 0 aliphatic heterocycles. The molecule has 106 valence electrons. The molecule has 0 saturated carbocycles. The summed E-state index contributed by atoms with van der Waals surface area (Å²) in [5.74, 6) is 0.672. The zero-order valence-electron chi connectivity index (χ0n) is 10.5. The van der Waals surface area contributed by atoms with E-state index in [9.17, 15) is 8.78 Å². The van der Waals surface area contributed by atoms with Crippen LogP contribution in [0, 0.1) is 0 Å². The van der Waals surface area contributed by atoms with E-state index in [4.69, 9.17) is 0 Å². The average molecular weight is 292 g/mol. The summed E-state index contributed by atoms with van der Waals surface area (Å²) in [5.41, 5.74) is 0.426. The van der Waals surface area contributed by atoms with Crippen LogP contribution in [0.3, 0.4) is 0 Å². The summed E-state index contributed by atoms with van der Waals surface area (Å²) in [4.78, 5) is 0. The Kier molecular flexibility index (Phi) is 5.75. The highest BCUT2D eigenvalue weighted by Gasteiger charge is 2.11. The molecule has 0 aliphatic carbocycles. The second-order valence-electron chi connectivity index (χ2n) is 3.86. The molecule has 8 heteroatoms. The minimum absolute atomic E-state index is 0. The largest absolute Gasteiger partial charge is 0.363 e. The summed E-state index contributed by atoms with van der Waals surface area (Å²) in [7, 11) is 0. The number of nitrogens with zero attached hydrogens (tertiary/aromatic N) is 4. The molecule has 0 atom stereocenters. The van der Waals surface area contributed by atoms with E-state index in [0.29, 0.717) is 16.2 Å². The Bertz CT molecular complexity index is 497. The topological polar surface area (TPSA) is 47.7 Å². The molecule has 0 aliphatic rings. The molecule has 2 aromatic rings.